The lowest BCUT2D eigenvalue weighted by molar-refractivity contribution is -0.285. The molecule has 0 unspecified atom stereocenters. The highest BCUT2D eigenvalue weighted by Gasteiger charge is 2.57. The summed E-state index contributed by atoms with van der Waals surface area (Å²) in [6, 6.07) is 0.953. The first-order chi connectivity index (χ1) is 16.2. The molecule has 0 spiro atoms. The van der Waals surface area contributed by atoms with Crippen molar-refractivity contribution >= 4 is 34.5 Å². The van der Waals surface area contributed by atoms with Crippen molar-refractivity contribution in [1.82, 2.24) is 24.7 Å². The standard InChI is InChI=1S/C20H15F6N7O2/c1-18(2)10-9-12(30-16(10)34)28-14(29-13(9)31-17(18)35)11-8-5-7(21)6-27-15(8)33(32-11)4-3-19(22,23)20(24,25)26/h5-6,10H,3-4H2,1-2H3,(H2,28,29,30,31,34,35)/t10-/m1/s1. The summed E-state index contributed by atoms with van der Waals surface area (Å²) in [5.41, 5.74) is -1.11. The fraction of sp³-hybridized carbons (Fsp3) is 0.400. The molecule has 3 aromatic heterocycles. The summed E-state index contributed by atoms with van der Waals surface area (Å²) < 4.78 is 79.5. The number of halogens is 6. The molecule has 0 saturated carbocycles. The van der Waals surface area contributed by atoms with Crippen LogP contribution in [0.3, 0.4) is 0 Å². The average Bonchev–Trinajstić information content (AvgIpc) is 3.27. The van der Waals surface area contributed by atoms with Crippen molar-refractivity contribution in [2.45, 2.75) is 44.8 Å². The van der Waals surface area contributed by atoms with Crippen molar-refractivity contribution < 1.29 is 35.9 Å². The molecule has 0 fully saturated rings. The van der Waals surface area contributed by atoms with Crippen LogP contribution in [0.4, 0.5) is 38.0 Å². The number of hydrogen-bond donors (Lipinski definition) is 2. The average molecular weight is 499 g/mol. The zero-order valence-electron chi connectivity index (χ0n) is 18.0. The number of aromatic nitrogens is 5. The van der Waals surface area contributed by atoms with Gasteiger partial charge in [0.1, 0.15) is 23.1 Å². The summed E-state index contributed by atoms with van der Waals surface area (Å²) >= 11 is 0. The van der Waals surface area contributed by atoms with Gasteiger partial charge in [-0.05, 0) is 19.9 Å². The van der Waals surface area contributed by atoms with Gasteiger partial charge in [-0.15, -0.1) is 0 Å². The highest BCUT2D eigenvalue weighted by atomic mass is 19.4. The lowest BCUT2D eigenvalue weighted by Crippen LogP contribution is -2.43. The highest BCUT2D eigenvalue weighted by molar-refractivity contribution is 6.13. The lowest BCUT2D eigenvalue weighted by Gasteiger charge is -2.33. The van der Waals surface area contributed by atoms with Crippen LogP contribution in [-0.4, -0.2) is 48.6 Å². The predicted octanol–water partition coefficient (Wildman–Crippen LogP) is 3.63. The summed E-state index contributed by atoms with van der Waals surface area (Å²) in [7, 11) is 0. The molecule has 2 amide bonds. The fourth-order valence-electron chi connectivity index (χ4n) is 4.19. The Morgan fingerprint density at radius 2 is 1.74 bits per heavy atom. The summed E-state index contributed by atoms with van der Waals surface area (Å²) in [6.45, 7) is 2.26. The largest absolute Gasteiger partial charge is 0.453 e. The maximum Gasteiger partial charge on any atom is 0.453 e. The van der Waals surface area contributed by atoms with Gasteiger partial charge in [0.25, 0.3) is 0 Å². The third kappa shape index (κ3) is 3.39. The zero-order chi connectivity index (χ0) is 25.5. The van der Waals surface area contributed by atoms with Crippen LogP contribution in [0.25, 0.3) is 22.6 Å². The van der Waals surface area contributed by atoms with Crippen LogP contribution in [0.1, 0.15) is 31.7 Å². The molecule has 0 saturated heterocycles. The van der Waals surface area contributed by atoms with Crippen molar-refractivity contribution in [3.05, 3.63) is 23.6 Å². The SMILES string of the molecule is CC1(C)C(=O)Nc2nc(-c3nn(CCC(F)(F)C(F)(F)F)c4ncc(F)cc34)nc3c2[C@@H]1C(=O)N3. The van der Waals surface area contributed by atoms with Crippen LogP contribution in [-0.2, 0) is 16.1 Å². The zero-order valence-corrected chi connectivity index (χ0v) is 18.0. The number of nitrogens with zero attached hydrogens (tertiary/aromatic N) is 5. The van der Waals surface area contributed by atoms with Gasteiger partial charge < -0.3 is 10.6 Å². The Balaban J connectivity index is 1.62. The van der Waals surface area contributed by atoms with Crippen LogP contribution >= 0.6 is 0 Å². The van der Waals surface area contributed by atoms with Gasteiger partial charge in [0, 0.05) is 13.0 Å². The number of nitrogens with one attached hydrogen (secondary N) is 2. The smallest absolute Gasteiger partial charge is 0.310 e. The summed E-state index contributed by atoms with van der Waals surface area (Å²) in [5, 5.41) is 9.12. The molecule has 2 aliphatic heterocycles. The van der Waals surface area contributed by atoms with Crippen molar-refractivity contribution in [2.24, 2.45) is 5.41 Å². The van der Waals surface area contributed by atoms with Gasteiger partial charge in [0.05, 0.1) is 28.5 Å². The van der Waals surface area contributed by atoms with E-state index < -0.39 is 54.0 Å². The van der Waals surface area contributed by atoms with E-state index in [9.17, 15) is 35.9 Å². The van der Waals surface area contributed by atoms with E-state index in [1.807, 2.05) is 0 Å². The van der Waals surface area contributed by atoms with Crippen molar-refractivity contribution in [2.75, 3.05) is 10.6 Å². The van der Waals surface area contributed by atoms with E-state index in [2.05, 4.69) is 30.7 Å². The Bertz CT molecular complexity index is 1420. The molecule has 0 aromatic carbocycles. The van der Waals surface area contributed by atoms with Gasteiger partial charge in [0.2, 0.25) is 11.8 Å². The van der Waals surface area contributed by atoms with Crippen LogP contribution in [0, 0.1) is 11.2 Å². The van der Waals surface area contributed by atoms with Gasteiger partial charge in [-0.1, -0.05) is 0 Å². The lowest BCUT2D eigenvalue weighted by atomic mass is 9.73. The maximum absolute atomic E-state index is 14.0. The number of carbonyl (C=O) groups is 2. The Labute approximate surface area is 191 Å². The van der Waals surface area contributed by atoms with E-state index in [4.69, 9.17) is 0 Å². The second kappa shape index (κ2) is 7.11. The first kappa shape index (κ1) is 23.0. The third-order valence-corrected chi connectivity index (χ3v) is 6.09. The van der Waals surface area contributed by atoms with E-state index >= 15 is 0 Å². The Morgan fingerprint density at radius 1 is 1.09 bits per heavy atom. The highest BCUT2D eigenvalue weighted by Crippen LogP contribution is 2.50. The molecule has 0 radical (unpaired) electrons. The molecule has 9 nitrogen and oxygen atoms in total. The molecule has 5 heterocycles. The second-order valence-corrected chi connectivity index (χ2v) is 8.80. The number of hydrogen-bond acceptors (Lipinski definition) is 6. The molecule has 5 rings (SSSR count). The minimum atomic E-state index is -5.76. The number of anilines is 2. The molecule has 1 atom stereocenters. The number of fused-ring (bicyclic) bond motifs is 1. The van der Waals surface area contributed by atoms with Crippen molar-refractivity contribution in [3.63, 3.8) is 0 Å². The molecule has 0 bridgehead atoms. The Morgan fingerprint density at radius 3 is 2.40 bits per heavy atom. The molecule has 15 heteroatoms. The molecule has 184 valence electrons. The maximum atomic E-state index is 14.0. The first-order valence-corrected chi connectivity index (χ1v) is 10.2. The summed E-state index contributed by atoms with van der Waals surface area (Å²) in [6.07, 6.45) is -6.64. The molecule has 2 N–H and O–H groups in total. The first-order valence-electron chi connectivity index (χ1n) is 10.2. The molecular formula is C20H15F6N7O2. The molecule has 2 aliphatic rings. The van der Waals surface area contributed by atoms with Gasteiger partial charge in [0.15, 0.2) is 11.5 Å². The van der Waals surface area contributed by atoms with Crippen LogP contribution in [0.2, 0.25) is 0 Å². The molecular weight excluding hydrogens is 484 g/mol. The third-order valence-electron chi connectivity index (χ3n) is 6.09. The van der Waals surface area contributed by atoms with E-state index in [0.717, 1.165) is 16.9 Å². The van der Waals surface area contributed by atoms with Gasteiger partial charge >= 0.3 is 12.1 Å². The number of pyridine rings is 1. The fourth-order valence-corrected chi connectivity index (χ4v) is 4.19. The van der Waals surface area contributed by atoms with E-state index in [0.29, 0.717) is 5.56 Å². The number of aryl methyl sites for hydroxylation is 1. The normalized spacial score (nSPS) is 19.0. The van der Waals surface area contributed by atoms with Gasteiger partial charge in [-0.2, -0.15) is 27.1 Å². The molecule has 35 heavy (non-hydrogen) atoms. The minimum Gasteiger partial charge on any atom is -0.310 e. The number of carbonyl (C=O) groups excluding carboxylic acids is 2. The van der Waals surface area contributed by atoms with Crippen LogP contribution in [0.5, 0.6) is 0 Å². The monoisotopic (exact) mass is 499 g/mol. The second-order valence-electron chi connectivity index (χ2n) is 8.80. The van der Waals surface area contributed by atoms with Crippen molar-refractivity contribution in [3.8, 4) is 11.5 Å². The van der Waals surface area contributed by atoms with E-state index in [1.165, 1.54) is 0 Å². The van der Waals surface area contributed by atoms with Crippen LogP contribution in [0.15, 0.2) is 12.3 Å². The Hall–Kier alpha value is -3.78. The van der Waals surface area contributed by atoms with E-state index in [-0.39, 0.29) is 34.2 Å². The molecule has 0 aliphatic carbocycles. The molecule has 3 aromatic rings. The number of amides is 2. The Kier molecular flexibility index (Phi) is 4.67. The summed E-state index contributed by atoms with van der Waals surface area (Å²) in [4.78, 5) is 37.4. The van der Waals surface area contributed by atoms with Crippen LogP contribution < -0.4 is 10.6 Å². The minimum absolute atomic E-state index is 0.00772. The topological polar surface area (TPSA) is 115 Å². The predicted molar refractivity (Wildman–Crippen MR) is 108 cm³/mol. The van der Waals surface area contributed by atoms with Crippen molar-refractivity contribution in [1.29, 1.82) is 0 Å². The summed E-state index contributed by atoms with van der Waals surface area (Å²) in [5.74, 6) is -7.80. The van der Waals surface area contributed by atoms with Gasteiger partial charge in [-0.25, -0.2) is 24.0 Å². The quantitative estimate of drug-likeness (QED) is 0.530. The van der Waals surface area contributed by atoms with Gasteiger partial charge in [-0.3, -0.25) is 9.59 Å². The van der Waals surface area contributed by atoms with E-state index in [1.54, 1.807) is 13.8 Å². The number of alkyl halides is 5. The number of rotatable bonds is 4.